The minimum Gasteiger partial charge on any atom is -0.411 e. The summed E-state index contributed by atoms with van der Waals surface area (Å²) in [5.74, 6) is 0.577. The Bertz CT molecular complexity index is 1040. The molecule has 0 saturated carbocycles. The number of aromatic nitrogens is 2. The van der Waals surface area contributed by atoms with Crippen molar-refractivity contribution in [1.29, 1.82) is 0 Å². The third-order valence-electron chi connectivity index (χ3n) is 5.47. The average molecular weight is 422 g/mol. The molecule has 1 amide bonds. The first-order chi connectivity index (χ1) is 14.3. The van der Waals surface area contributed by atoms with Crippen molar-refractivity contribution in [3.8, 4) is 11.5 Å². The predicted molar refractivity (Wildman–Crippen MR) is 119 cm³/mol. The molecule has 3 aromatic rings. The van der Waals surface area contributed by atoms with Crippen LogP contribution in [0.3, 0.4) is 0 Å². The fourth-order valence-corrected chi connectivity index (χ4v) is 4.40. The predicted octanol–water partition coefficient (Wildman–Crippen LogP) is 5.10. The number of benzene rings is 2. The molecule has 6 heteroatoms. The highest BCUT2D eigenvalue weighted by molar-refractivity contribution is 8.00. The van der Waals surface area contributed by atoms with Crippen molar-refractivity contribution < 1.29 is 9.21 Å². The summed E-state index contributed by atoms with van der Waals surface area (Å²) in [6.07, 6.45) is 0.897. The minimum atomic E-state index is -0.285. The minimum absolute atomic E-state index is 0.0964. The highest BCUT2D eigenvalue weighted by Crippen LogP contribution is 2.30. The molecule has 1 atom stereocenters. The highest BCUT2D eigenvalue weighted by Gasteiger charge is 2.26. The lowest BCUT2D eigenvalue weighted by molar-refractivity contribution is -0.131. The Morgan fingerprint density at radius 2 is 1.77 bits per heavy atom. The van der Waals surface area contributed by atoms with E-state index in [0.717, 1.165) is 18.5 Å². The summed E-state index contributed by atoms with van der Waals surface area (Å²) in [4.78, 5) is 14.9. The maximum Gasteiger partial charge on any atom is 0.277 e. The molecule has 5 nitrogen and oxygen atoms in total. The standard InChI is InChI=1S/C24H27N3O2S/c1-16(22(28)27-14-13-17-7-5-6-8-19(17)15-27)30-23-26-25-21(29-23)18-9-11-20(12-10-18)24(2,3)4/h5-12,16H,13-15H2,1-4H3/t16-/m1/s1. The van der Waals surface area contributed by atoms with E-state index < -0.39 is 0 Å². The summed E-state index contributed by atoms with van der Waals surface area (Å²) in [7, 11) is 0. The number of nitrogens with zero attached hydrogens (tertiary/aromatic N) is 3. The third-order valence-corrected chi connectivity index (χ3v) is 6.39. The zero-order chi connectivity index (χ0) is 21.3. The van der Waals surface area contributed by atoms with E-state index in [1.54, 1.807) is 0 Å². The van der Waals surface area contributed by atoms with Crippen molar-refractivity contribution >= 4 is 17.7 Å². The summed E-state index contributed by atoms with van der Waals surface area (Å²) in [6.45, 7) is 9.86. The number of rotatable bonds is 4. The Labute approximate surface area is 181 Å². The zero-order valence-corrected chi connectivity index (χ0v) is 18.7. The normalized spacial score (nSPS) is 15.0. The van der Waals surface area contributed by atoms with Gasteiger partial charge in [0.25, 0.3) is 5.22 Å². The molecule has 0 N–H and O–H groups in total. The number of carbonyl (C=O) groups excluding carboxylic acids is 1. The van der Waals surface area contributed by atoms with E-state index in [4.69, 9.17) is 4.42 Å². The van der Waals surface area contributed by atoms with Crippen LogP contribution in [0.25, 0.3) is 11.5 Å². The number of thioether (sulfide) groups is 1. The zero-order valence-electron chi connectivity index (χ0n) is 17.9. The lowest BCUT2D eigenvalue weighted by Gasteiger charge is -2.30. The molecule has 0 fully saturated rings. The van der Waals surface area contributed by atoms with Crippen molar-refractivity contribution in [3.63, 3.8) is 0 Å². The lowest BCUT2D eigenvalue weighted by Crippen LogP contribution is -2.40. The van der Waals surface area contributed by atoms with Crippen molar-refractivity contribution in [1.82, 2.24) is 15.1 Å². The summed E-state index contributed by atoms with van der Waals surface area (Å²) >= 11 is 1.32. The fraction of sp³-hybridized carbons (Fsp3) is 0.375. The van der Waals surface area contributed by atoms with Gasteiger partial charge in [-0.3, -0.25) is 4.79 Å². The molecule has 1 aliphatic rings. The van der Waals surface area contributed by atoms with Crippen molar-refractivity contribution in [2.24, 2.45) is 0 Å². The summed E-state index contributed by atoms with van der Waals surface area (Å²) in [5, 5.41) is 8.45. The Morgan fingerprint density at radius 1 is 1.07 bits per heavy atom. The van der Waals surface area contributed by atoms with Crippen LogP contribution in [0.1, 0.15) is 44.4 Å². The molecular formula is C24H27N3O2S. The van der Waals surface area contributed by atoms with E-state index in [-0.39, 0.29) is 16.6 Å². The Morgan fingerprint density at radius 3 is 2.47 bits per heavy atom. The number of hydrogen-bond donors (Lipinski definition) is 0. The molecule has 2 aromatic carbocycles. The number of carbonyl (C=O) groups is 1. The highest BCUT2D eigenvalue weighted by atomic mass is 32.2. The van der Waals surface area contributed by atoms with Crippen LogP contribution in [0.15, 0.2) is 58.2 Å². The van der Waals surface area contributed by atoms with Gasteiger partial charge in [-0.1, -0.05) is 68.9 Å². The van der Waals surface area contributed by atoms with Crippen molar-refractivity contribution in [3.05, 3.63) is 65.2 Å². The van der Waals surface area contributed by atoms with Gasteiger partial charge in [-0.15, -0.1) is 10.2 Å². The maximum absolute atomic E-state index is 12.9. The van der Waals surface area contributed by atoms with Gasteiger partial charge in [0.2, 0.25) is 11.8 Å². The quantitative estimate of drug-likeness (QED) is 0.549. The average Bonchev–Trinajstić information content (AvgIpc) is 3.20. The molecule has 30 heavy (non-hydrogen) atoms. The van der Waals surface area contributed by atoms with Crippen LogP contribution < -0.4 is 0 Å². The van der Waals surface area contributed by atoms with Crippen LogP contribution in [-0.2, 0) is 23.2 Å². The Hall–Kier alpha value is -2.60. The van der Waals surface area contributed by atoms with E-state index in [2.05, 4.69) is 61.3 Å². The van der Waals surface area contributed by atoms with Gasteiger partial charge in [0, 0.05) is 18.7 Å². The molecule has 2 heterocycles. The number of fused-ring (bicyclic) bond motifs is 1. The molecule has 0 bridgehead atoms. The van der Waals surface area contributed by atoms with Gasteiger partial charge in [-0.2, -0.15) is 0 Å². The van der Waals surface area contributed by atoms with Gasteiger partial charge < -0.3 is 9.32 Å². The molecule has 4 rings (SSSR count). The fourth-order valence-electron chi connectivity index (χ4n) is 3.63. The van der Waals surface area contributed by atoms with Gasteiger partial charge in [0.15, 0.2) is 0 Å². The van der Waals surface area contributed by atoms with Crippen LogP contribution >= 0.6 is 11.8 Å². The first-order valence-corrected chi connectivity index (χ1v) is 11.2. The molecule has 0 radical (unpaired) electrons. The molecule has 1 aromatic heterocycles. The van der Waals surface area contributed by atoms with Gasteiger partial charge in [-0.25, -0.2) is 0 Å². The van der Waals surface area contributed by atoms with Gasteiger partial charge in [0.05, 0.1) is 5.25 Å². The second-order valence-electron chi connectivity index (χ2n) is 8.74. The monoisotopic (exact) mass is 421 g/mol. The van der Waals surface area contributed by atoms with E-state index in [1.807, 2.05) is 30.0 Å². The Kier molecular flexibility index (Phi) is 5.69. The van der Waals surface area contributed by atoms with Crippen LogP contribution in [-0.4, -0.2) is 32.8 Å². The largest absolute Gasteiger partial charge is 0.411 e. The molecule has 156 valence electrons. The van der Waals surface area contributed by atoms with Crippen LogP contribution in [0.2, 0.25) is 0 Å². The first kappa shape index (κ1) is 20.7. The SMILES string of the molecule is C[C@@H](Sc1nnc(-c2ccc(C(C)(C)C)cc2)o1)C(=O)N1CCc2ccccc2C1. The van der Waals surface area contributed by atoms with Gasteiger partial charge in [0.1, 0.15) is 0 Å². The van der Waals surface area contributed by atoms with E-state index >= 15 is 0 Å². The van der Waals surface area contributed by atoms with Crippen LogP contribution in [0.5, 0.6) is 0 Å². The van der Waals surface area contributed by atoms with Crippen molar-refractivity contribution in [2.45, 2.75) is 56.5 Å². The first-order valence-electron chi connectivity index (χ1n) is 10.3. The number of amides is 1. The number of hydrogen-bond acceptors (Lipinski definition) is 5. The summed E-state index contributed by atoms with van der Waals surface area (Å²) in [6, 6.07) is 16.5. The second kappa shape index (κ2) is 8.26. The van der Waals surface area contributed by atoms with E-state index in [9.17, 15) is 4.79 Å². The summed E-state index contributed by atoms with van der Waals surface area (Å²) in [5.41, 5.74) is 4.80. The molecular weight excluding hydrogens is 394 g/mol. The van der Waals surface area contributed by atoms with Crippen LogP contribution in [0.4, 0.5) is 0 Å². The van der Waals surface area contributed by atoms with Crippen molar-refractivity contribution in [2.75, 3.05) is 6.54 Å². The lowest BCUT2D eigenvalue weighted by atomic mass is 9.87. The van der Waals surface area contributed by atoms with Gasteiger partial charge >= 0.3 is 0 Å². The molecule has 1 aliphatic heterocycles. The molecule has 0 aliphatic carbocycles. The molecule has 0 spiro atoms. The third kappa shape index (κ3) is 4.43. The van der Waals surface area contributed by atoms with Gasteiger partial charge in [-0.05, 0) is 47.6 Å². The smallest absolute Gasteiger partial charge is 0.277 e. The van der Waals surface area contributed by atoms with Crippen LogP contribution in [0, 0.1) is 0 Å². The Balaban J connectivity index is 1.40. The topological polar surface area (TPSA) is 59.2 Å². The molecule has 0 unspecified atom stereocenters. The second-order valence-corrected chi connectivity index (χ2v) is 10.0. The molecule has 0 saturated heterocycles. The van der Waals surface area contributed by atoms with E-state index in [0.29, 0.717) is 17.7 Å². The summed E-state index contributed by atoms with van der Waals surface area (Å²) < 4.78 is 5.83. The maximum atomic E-state index is 12.9. The van der Waals surface area contributed by atoms with E-state index in [1.165, 1.54) is 28.5 Å².